The molecular formula is C15H20N2O5. The van der Waals surface area contributed by atoms with E-state index in [0.717, 1.165) is 0 Å². The Labute approximate surface area is 128 Å². The molecule has 1 unspecified atom stereocenters. The van der Waals surface area contributed by atoms with Crippen LogP contribution in [0.3, 0.4) is 0 Å². The number of rotatable bonds is 4. The van der Waals surface area contributed by atoms with E-state index in [1.54, 1.807) is 33.8 Å². The number of alkyl carbamates (subject to hydrolysis) is 1. The molecule has 0 aliphatic carbocycles. The Hall–Kier alpha value is -2.44. The van der Waals surface area contributed by atoms with Crippen LogP contribution in [0.2, 0.25) is 0 Å². The maximum atomic E-state index is 11.9. The fraction of sp³-hybridized carbons (Fsp3) is 0.467. The van der Waals surface area contributed by atoms with Gasteiger partial charge in [-0.1, -0.05) is 12.1 Å². The van der Waals surface area contributed by atoms with E-state index in [9.17, 15) is 19.7 Å². The quantitative estimate of drug-likeness (QED) is 0.524. The molecule has 0 radical (unpaired) electrons. The zero-order chi connectivity index (χ0) is 17.1. The minimum Gasteiger partial charge on any atom is -0.444 e. The lowest BCUT2D eigenvalue weighted by Crippen LogP contribution is -2.47. The number of aryl methyl sites for hydroxylation is 1. The molecule has 1 aromatic carbocycles. The van der Waals surface area contributed by atoms with Gasteiger partial charge >= 0.3 is 6.09 Å². The molecule has 0 aliphatic heterocycles. The zero-order valence-corrected chi connectivity index (χ0v) is 13.3. The summed E-state index contributed by atoms with van der Waals surface area (Å²) in [5.41, 5.74) is -1.46. The van der Waals surface area contributed by atoms with Gasteiger partial charge in [-0.2, -0.15) is 0 Å². The lowest BCUT2D eigenvalue weighted by atomic mass is 9.92. The van der Waals surface area contributed by atoms with Crippen LogP contribution in [-0.4, -0.2) is 22.9 Å². The Morgan fingerprint density at radius 2 is 1.91 bits per heavy atom. The van der Waals surface area contributed by atoms with Crippen molar-refractivity contribution in [2.45, 2.75) is 45.8 Å². The molecule has 0 bridgehead atoms. The number of amides is 1. The third-order valence-corrected chi connectivity index (χ3v) is 3.00. The Kier molecular flexibility index (Phi) is 4.91. The number of hydrogen-bond donors (Lipinski definition) is 1. The summed E-state index contributed by atoms with van der Waals surface area (Å²) < 4.78 is 5.12. The summed E-state index contributed by atoms with van der Waals surface area (Å²) in [6.45, 7) is 8.14. The van der Waals surface area contributed by atoms with Gasteiger partial charge in [0.1, 0.15) is 17.4 Å². The molecule has 0 saturated carbocycles. The highest BCUT2D eigenvalue weighted by molar-refractivity contribution is 5.78. The van der Waals surface area contributed by atoms with Gasteiger partial charge in [-0.25, -0.2) is 4.79 Å². The van der Waals surface area contributed by atoms with E-state index in [4.69, 9.17) is 4.74 Å². The molecule has 1 rings (SSSR count). The molecule has 7 nitrogen and oxygen atoms in total. The minimum atomic E-state index is -1.42. The van der Waals surface area contributed by atoms with Crippen LogP contribution in [0.5, 0.6) is 0 Å². The molecule has 1 atom stereocenters. The van der Waals surface area contributed by atoms with Crippen LogP contribution in [0.1, 0.15) is 38.8 Å². The largest absolute Gasteiger partial charge is 0.444 e. The summed E-state index contributed by atoms with van der Waals surface area (Å²) in [5, 5.41) is 13.5. The van der Waals surface area contributed by atoms with Crippen molar-refractivity contribution in [3.63, 3.8) is 0 Å². The van der Waals surface area contributed by atoms with Crippen LogP contribution in [0.25, 0.3) is 0 Å². The summed E-state index contributed by atoms with van der Waals surface area (Å²) in [4.78, 5) is 33.8. The van der Waals surface area contributed by atoms with Crippen LogP contribution < -0.4 is 5.32 Å². The molecule has 0 fully saturated rings. The summed E-state index contributed by atoms with van der Waals surface area (Å²) in [5.74, 6) is 0. The van der Waals surface area contributed by atoms with E-state index in [2.05, 4.69) is 5.32 Å². The van der Waals surface area contributed by atoms with Gasteiger partial charge in [0, 0.05) is 11.6 Å². The number of hydrogen-bond acceptors (Lipinski definition) is 5. The van der Waals surface area contributed by atoms with Crippen molar-refractivity contribution in [1.82, 2.24) is 5.32 Å². The first-order valence-corrected chi connectivity index (χ1v) is 6.71. The summed E-state index contributed by atoms with van der Waals surface area (Å²) in [7, 11) is 0. The Bertz CT molecular complexity index is 606. The van der Waals surface area contributed by atoms with Crippen LogP contribution in [0.15, 0.2) is 18.2 Å². The first kappa shape index (κ1) is 17.6. The van der Waals surface area contributed by atoms with Crippen molar-refractivity contribution in [3.8, 4) is 0 Å². The normalized spacial score (nSPS) is 13.9. The second-order valence-corrected chi connectivity index (χ2v) is 6.21. The molecule has 1 amide bonds. The predicted molar refractivity (Wildman–Crippen MR) is 80.6 cm³/mol. The minimum absolute atomic E-state index is 0.114. The van der Waals surface area contributed by atoms with E-state index in [1.165, 1.54) is 19.1 Å². The highest BCUT2D eigenvalue weighted by Crippen LogP contribution is 2.26. The monoisotopic (exact) mass is 308 g/mol. The van der Waals surface area contributed by atoms with Crippen LogP contribution in [0.4, 0.5) is 10.5 Å². The average Bonchev–Trinajstić information content (AvgIpc) is 2.36. The Morgan fingerprint density at radius 1 is 1.32 bits per heavy atom. The smallest absolute Gasteiger partial charge is 0.408 e. The van der Waals surface area contributed by atoms with Gasteiger partial charge in [-0.3, -0.25) is 10.1 Å². The molecule has 0 heterocycles. The van der Waals surface area contributed by atoms with Crippen LogP contribution >= 0.6 is 0 Å². The van der Waals surface area contributed by atoms with E-state index in [-0.39, 0.29) is 5.69 Å². The maximum absolute atomic E-state index is 11.9. The summed E-state index contributed by atoms with van der Waals surface area (Å²) in [6.07, 6.45) is -0.254. The lowest BCUT2D eigenvalue weighted by Gasteiger charge is -2.27. The number of nitro benzene ring substituents is 1. The molecule has 0 spiro atoms. The predicted octanol–water partition coefficient (Wildman–Crippen LogP) is 2.84. The van der Waals surface area contributed by atoms with Crippen molar-refractivity contribution in [2.75, 3.05) is 0 Å². The van der Waals surface area contributed by atoms with Crippen molar-refractivity contribution < 1.29 is 19.2 Å². The van der Waals surface area contributed by atoms with E-state index in [1.807, 2.05) is 0 Å². The Balaban J connectivity index is 3.13. The maximum Gasteiger partial charge on any atom is 0.408 e. The fourth-order valence-electron chi connectivity index (χ4n) is 1.81. The van der Waals surface area contributed by atoms with Crippen molar-refractivity contribution >= 4 is 18.1 Å². The lowest BCUT2D eigenvalue weighted by molar-refractivity contribution is -0.385. The van der Waals surface area contributed by atoms with Gasteiger partial charge in [-0.05, 0) is 40.2 Å². The van der Waals surface area contributed by atoms with Gasteiger partial charge in [0.2, 0.25) is 0 Å². The third-order valence-electron chi connectivity index (χ3n) is 3.00. The van der Waals surface area contributed by atoms with Gasteiger partial charge in [-0.15, -0.1) is 0 Å². The molecule has 0 aromatic heterocycles. The molecule has 1 aromatic rings. The summed E-state index contributed by atoms with van der Waals surface area (Å²) >= 11 is 0. The first-order valence-electron chi connectivity index (χ1n) is 6.71. The van der Waals surface area contributed by atoms with E-state index in [0.29, 0.717) is 17.4 Å². The standard InChI is InChI=1S/C15H20N2O5/c1-10-6-7-11(8-12(10)17(20)21)15(5,9-18)16-13(19)22-14(2,3)4/h6-9H,1-5H3,(H,16,19). The summed E-state index contributed by atoms with van der Waals surface area (Å²) in [6, 6.07) is 4.38. The average molecular weight is 308 g/mol. The molecule has 1 N–H and O–H groups in total. The van der Waals surface area contributed by atoms with Crippen LogP contribution in [0, 0.1) is 17.0 Å². The van der Waals surface area contributed by atoms with Crippen molar-refractivity contribution in [1.29, 1.82) is 0 Å². The van der Waals surface area contributed by atoms with Gasteiger partial charge in [0.15, 0.2) is 0 Å². The van der Waals surface area contributed by atoms with E-state index < -0.39 is 22.2 Å². The van der Waals surface area contributed by atoms with Gasteiger partial charge in [0.25, 0.3) is 5.69 Å². The SMILES string of the molecule is Cc1ccc(C(C)(C=O)NC(=O)OC(C)(C)C)cc1[N+](=O)[O-]. The third kappa shape index (κ3) is 4.28. The molecule has 7 heteroatoms. The Morgan fingerprint density at radius 3 is 2.36 bits per heavy atom. The highest BCUT2D eigenvalue weighted by Gasteiger charge is 2.32. The number of nitrogens with zero attached hydrogens (tertiary/aromatic N) is 1. The van der Waals surface area contributed by atoms with Crippen LogP contribution in [-0.2, 0) is 15.1 Å². The highest BCUT2D eigenvalue weighted by atomic mass is 16.6. The second kappa shape index (κ2) is 6.13. The molecule has 0 aliphatic rings. The number of nitrogens with one attached hydrogen (secondary N) is 1. The number of ether oxygens (including phenoxy) is 1. The topological polar surface area (TPSA) is 98.5 Å². The molecule has 22 heavy (non-hydrogen) atoms. The fourth-order valence-corrected chi connectivity index (χ4v) is 1.81. The van der Waals surface area contributed by atoms with Gasteiger partial charge in [0.05, 0.1) is 4.92 Å². The number of carbonyl (C=O) groups excluding carboxylic acids is 2. The van der Waals surface area contributed by atoms with E-state index >= 15 is 0 Å². The van der Waals surface area contributed by atoms with Crippen molar-refractivity contribution in [2.24, 2.45) is 0 Å². The number of benzene rings is 1. The molecular weight excluding hydrogens is 288 g/mol. The first-order chi connectivity index (χ1) is 9.98. The molecule has 0 saturated heterocycles. The van der Waals surface area contributed by atoms with Crippen molar-refractivity contribution in [3.05, 3.63) is 39.4 Å². The zero-order valence-electron chi connectivity index (χ0n) is 13.3. The number of aldehydes is 1. The number of nitro groups is 1. The van der Waals surface area contributed by atoms with Gasteiger partial charge < -0.3 is 14.8 Å². The number of carbonyl (C=O) groups is 2. The second-order valence-electron chi connectivity index (χ2n) is 6.21. The molecule has 120 valence electrons.